The van der Waals surface area contributed by atoms with E-state index in [4.69, 9.17) is 0 Å². The number of rotatable bonds is 5. The van der Waals surface area contributed by atoms with Gasteiger partial charge in [-0.1, -0.05) is 24.3 Å². The standard InChI is InChI=1S/C19H18N2O5S/c1-27(25,26)16-5-3-2-4-15(16)19(24)20-14-8-6-13(7-9-14)12-21-17(22)10-11-18(21)23/h2-9H,10-12H2,1H3,(H,20,24). The van der Waals surface area contributed by atoms with Crippen molar-refractivity contribution >= 4 is 33.2 Å². The number of nitrogens with zero attached hydrogens (tertiary/aromatic N) is 1. The number of hydrogen-bond acceptors (Lipinski definition) is 5. The van der Waals surface area contributed by atoms with Crippen molar-refractivity contribution in [1.29, 1.82) is 0 Å². The number of benzene rings is 2. The number of carbonyl (C=O) groups is 3. The van der Waals surface area contributed by atoms with Crippen LogP contribution in [0, 0.1) is 0 Å². The van der Waals surface area contributed by atoms with Gasteiger partial charge in [0, 0.05) is 24.8 Å². The lowest BCUT2D eigenvalue weighted by molar-refractivity contribution is -0.139. The molecule has 27 heavy (non-hydrogen) atoms. The molecule has 0 bridgehead atoms. The van der Waals surface area contributed by atoms with Crippen molar-refractivity contribution in [3.8, 4) is 0 Å². The second kappa shape index (κ2) is 7.32. The van der Waals surface area contributed by atoms with Gasteiger partial charge in [-0.3, -0.25) is 19.3 Å². The molecule has 0 aromatic heterocycles. The molecule has 1 N–H and O–H groups in total. The van der Waals surface area contributed by atoms with Crippen LogP contribution < -0.4 is 5.32 Å². The summed E-state index contributed by atoms with van der Waals surface area (Å²) in [7, 11) is -3.53. The number of imide groups is 1. The van der Waals surface area contributed by atoms with Crippen molar-refractivity contribution in [3.63, 3.8) is 0 Å². The van der Waals surface area contributed by atoms with Crippen LogP contribution in [0.4, 0.5) is 5.69 Å². The summed E-state index contributed by atoms with van der Waals surface area (Å²) in [5, 5.41) is 2.66. The van der Waals surface area contributed by atoms with Crippen LogP contribution in [0.5, 0.6) is 0 Å². The van der Waals surface area contributed by atoms with Gasteiger partial charge < -0.3 is 5.32 Å². The normalized spacial score (nSPS) is 14.5. The Morgan fingerprint density at radius 1 is 1.00 bits per heavy atom. The maximum absolute atomic E-state index is 12.5. The fourth-order valence-electron chi connectivity index (χ4n) is 2.85. The molecule has 8 heteroatoms. The smallest absolute Gasteiger partial charge is 0.256 e. The molecule has 0 unspecified atom stereocenters. The second-order valence-corrected chi connectivity index (χ2v) is 8.28. The van der Waals surface area contributed by atoms with Crippen molar-refractivity contribution in [3.05, 3.63) is 59.7 Å². The molecule has 1 aliphatic heterocycles. The van der Waals surface area contributed by atoms with Crippen LogP contribution in [0.3, 0.4) is 0 Å². The van der Waals surface area contributed by atoms with Gasteiger partial charge in [0.05, 0.1) is 17.0 Å². The number of sulfone groups is 1. The molecular weight excluding hydrogens is 368 g/mol. The molecule has 1 aliphatic rings. The summed E-state index contributed by atoms with van der Waals surface area (Å²) < 4.78 is 23.7. The van der Waals surface area contributed by atoms with Gasteiger partial charge in [-0.05, 0) is 29.8 Å². The summed E-state index contributed by atoms with van der Waals surface area (Å²) in [5.41, 5.74) is 1.30. The SMILES string of the molecule is CS(=O)(=O)c1ccccc1C(=O)Nc1ccc(CN2C(=O)CCC2=O)cc1. The molecule has 3 rings (SSSR count). The topological polar surface area (TPSA) is 101 Å². The second-order valence-electron chi connectivity index (χ2n) is 6.29. The summed E-state index contributed by atoms with van der Waals surface area (Å²) in [6.07, 6.45) is 1.54. The highest BCUT2D eigenvalue weighted by atomic mass is 32.2. The molecule has 0 spiro atoms. The third kappa shape index (κ3) is 4.22. The summed E-state index contributed by atoms with van der Waals surface area (Å²) in [4.78, 5) is 37.0. The first kappa shape index (κ1) is 18.8. The Bertz CT molecular complexity index is 997. The van der Waals surface area contributed by atoms with Gasteiger partial charge in [0.1, 0.15) is 0 Å². The van der Waals surface area contributed by atoms with Crippen LogP contribution in [-0.2, 0) is 26.0 Å². The molecule has 0 aliphatic carbocycles. The monoisotopic (exact) mass is 386 g/mol. The van der Waals surface area contributed by atoms with Crippen LogP contribution in [0.2, 0.25) is 0 Å². The Balaban J connectivity index is 1.73. The maximum Gasteiger partial charge on any atom is 0.256 e. The van der Waals surface area contributed by atoms with Crippen LogP contribution in [-0.4, -0.2) is 37.3 Å². The summed E-state index contributed by atoms with van der Waals surface area (Å²) in [5.74, 6) is -0.904. The molecule has 7 nitrogen and oxygen atoms in total. The van der Waals surface area contributed by atoms with Gasteiger partial charge in [-0.25, -0.2) is 8.42 Å². The van der Waals surface area contributed by atoms with Crippen LogP contribution in [0.15, 0.2) is 53.4 Å². The largest absolute Gasteiger partial charge is 0.322 e. The lowest BCUT2D eigenvalue weighted by Crippen LogP contribution is -2.28. The van der Waals surface area contributed by atoms with Crippen LogP contribution in [0.25, 0.3) is 0 Å². The Morgan fingerprint density at radius 2 is 1.59 bits per heavy atom. The Kier molecular flexibility index (Phi) is 5.09. The maximum atomic E-state index is 12.5. The van der Waals surface area contributed by atoms with E-state index in [9.17, 15) is 22.8 Å². The number of nitrogens with one attached hydrogen (secondary N) is 1. The van der Waals surface area contributed by atoms with E-state index >= 15 is 0 Å². The van der Waals surface area contributed by atoms with E-state index in [-0.39, 0.29) is 41.7 Å². The molecule has 2 aromatic rings. The number of likely N-dealkylation sites (tertiary alicyclic amines) is 1. The zero-order chi connectivity index (χ0) is 19.6. The van der Waals surface area contributed by atoms with Gasteiger partial charge in [0.2, 0.25) is 11.8 Å². The highest BCUT2D eigenvalue weighted by molar-refractivity contribution is 7.90. The molecule has 0 radical (unpaired) electrons. The molecular formula is C19H18N2O5S. The highest BCUT2D eigenvalue weighted by Crippen LogP contribution is 2.20. The summed E-state index contributed by atoms with van der Waals surface area (Å²) >= 11 is 0. The number of carbonyl (C=O) groups excluding carboxylic acids is 3. The first-order valence-corrected chi connectivity index (χ1v) is 10.2. The minimum atomic E-state index is -3.53. The van der Waals surface area contributed by atoms with Crippen LogP contribution in [0.1, 0.15) is 28.8 Å². The Labute approximate surface area is 156 Å². The van der Waals surface area contributed by atoms with Gasteiger partial charge in [0.25, 0.3) is 5.91 Å². The quantitative estimate of drug-likeness (QED) is 0.792. The molecule has 0 saturated carbocycles. The van der Waals surface area contributed by atoms with Crippen molar-refractivity contribution in [2.24, 2.45) is 0 Å². The first-order chi connectivity index (χ1) is 12.8. The summed E-state index contributed by atoms with van der Waals surface area (Å²) in [6, 6.07) is 12.7. The van der Waals surface area contributed by atoms with Crippen molar-refractivity contribution in [1.82, 2.24) is 4.90 Å². The predicted molar refractivity (Wildman–Crippen MR) is 98.7 cm³/mol. The van der Waals surface area contributed by atoms with Crippen molar-refractivity contribution in [2.45, 2.75) is 24.3 Å². The van der Waals surface area contributed by atoms with E-state index in [2.05, 4.69) is 5.32 Å². The number of hydrogen-bond donors (Lipinski definition) is 1. The molecule has 3 amide bonds. The molecule has 1 fully saturated rings. The van der Waals surface area contributed by atoms with E-state index in [0.29, 0.717) is 5.69 Å². The van der Waals surface area contributed by atoms with E-state index in [1.165, 1.54) is 17.0 Å². The van der Waals surface area contributed by atoms with Gasteiger partial charge in [-0.2, -0.15) is 0 Å². The minimum Gasteiger partial charge on any atom is -0.322 e. The minimum absolute atomic E-state index is 0.0369. The molecule has 1 saturated heterocycles. The van der Waals surface area contributed by atoms with E-state index in [1.807, 2.05) is 0 Å². The molecule has 2 aromatic carbocycles. The van der Waals surface area contributed by atoms with E-state index < -0.39 is 15.7 Å². The van der Waals surface area contributed by atoms with Gasteiger partial charge >= 0.3 is 0 Å². The molecule has 1 heterocycles. The van der Waals surface area contributed by atoms with Crippen LogP contribution >= 0.6 is 0 Å². The lowest BCUT2D eigenvalue weighted by atomic mass is 10.1. The number of amides is 3. The Hall–Kier alpha value is -3.00. The third-order valence-electron chi connectivity index (χ3n) is 4.24. The first-order valence-electron chi connectivity index (χ1n) is 8.28. The zero-order valence-electron chi connectivity index (χ0n) is 14.6. The van der Waals surface area contributed by atoms with Crippen molar-refractivity contribution in [2.75, 3.05) is 11.6 Å². The average molecular weight is 386 g/mol. The summed E-state index contributed by atoms with van der Waals surface area (Å²) in [6.45, 7) is 0.197. The lowest BCUT2D eigenvalue weighted by Gasteiger charge is -2.14. The molecule has 0 atom stereocenters. The zero-order valence-corrected chi connectivity index (χ0v) is 15.5. The Morgan fingerprint density at radius 3 is 2.19 bits per heavy atom. The fourth-order valence-corrected chi connectivity index (χ4v) is 3.74. The van der Waals surface area contributed by atoms with Gasteiger partial charge in [0.15, 0.2) is 9.84 Å². The fraction of sp³-hybridized carbons (Fsp3) is 0.211. The van der Waals surface area contributed by atoms with Crippen molar-refractivity contribution < 1.29 is 22.8 Å². The predicted octanol–water partition coefficient (Wildman–Crippen LogP) is 1.99. The average Bonchev–Trinajstić information content (AvgIpc) is 2.94. The highest BCUT2D eigenvalue weighted by Gasteiger charge is 2.28. The third-order valence-corrected chi connectivity index (χ3v) is 5.39. The molecule has 140 valence electrons. The number of anilines is 1. The van der Waals surface area contributed by atoms with E-state index in [0.717, 1.165) is 11.8 Å². The van der Waals surface area contributed by atoms with Gasteiger partial charge in [-0.15, -0.1) is 0 Å². The van der Waals surface area contributed by atoms with E-state index in [1.54, 1.807) is 36.4 Å².